The van der Waals surface area contributed by atoms with Crippen LogP contribution in [0.2, 0.25) is 0 Å². The first-order valence-corrected chi connectivity index (χ1v) is 7.00. The molecule has 1 aromatic rings. The van der Waals surface area contributed by atoms with Crippen LogP contribution in [0.1, 0.15) is 43.0 Å². The molecule has 1 aliphatic heterocycles. The molecular weight excluding hydrogens is 242 g/mol. The van der Waals surface area contributed by atoms with Crippen LogP contribution in [0.25, 0.3) is 0 Å². The molecule has 0 spiro atoms. The highest BCUT2D eigenvalue weighted by molar-refractivity contribution is 5.82. The SMILES string of the molecule is O=C1NCCCC1NC1CCCc2[nH]c(=O)ccc21. The smallest absolute Gasteiger partial charge is 0.248 e. The lowest BCUT2D eigenvalue weighted by Gasteiger charge is -2.31. The number of aromatic amines is 1. The molecule has 1 saturated heterocycles. The zero-order chi connectivity index (χ0) is 13.2. The molecular formula is C14H19N3O2. The van der Waals surface area contributed by atoms with Crippen LogP contribution in [-0.4, -0.2) is 23.5 Å². The van der Waals surface area contributed by atoms with Gasteiger partial charge in [0.25, 0.3) is 0 Å². The maximum absolute atomic E-state index is 11.8. The van der Waals surface area contributed by atoms with Crippen LogP contribution in [-0.2, 0) is 11.2 Å². The highest BCUT2D eigenvalue weighted by Gasteiger charge is 2.28. The molecule has 1 aromatic heterocycles. The number of carbonyl (C=O) groups is 1. The largest absolute Gasteiger partial charge is 0.355 e. The van der Waals surface area contributed by atoms with Gasteiger partial charge in [0.1, 0.15) is 0 Å². The second kappa shape index (κ2) is 5.17. The molecule has 5 heteroatoms. The average Bonchev–Trinajstić information content (AvgIpc) is 2.41. The second-order valence-corrected chi connectivity index (χ2v) is 5.35. The van der Waals surface area contributed by atoms with E-state index in [0.717, 1.165) is 49.9 Å². The van der Waals surface area contributed by atoms with Crippen molar-refractivity contribution in [2.24, 2.45) is 0 Å². The van der Waals surface area contributed by atoms with Gasteiger partial charge in [-0.3, -0.25) is 14.9 Å². The molecule has 102 valence electrons. The van der Waals surface area contributed by atoms with Gasteiger partial charge in [-0.1, -0.05) is 6.07 Å². The highest BCUT2D eigenvalue weighted by atomic mass is 16.2. The van der Waals surface area contributed by atoms with Gasteiger partial charge in [0, 0.05) is 24.3 Å². The Morgan fingerprint density at radius 1 is 1.11 bits per heavy atom. The lowest BCUT2D eigenvalue weighted by molar-refractivity contribution is -0.124. The number of carbonyl (C=O) groups excluding carboxylic acids is 1. The normalized spacial score (nSPS) is 26.6. The number of aryl methyl sites for hydroxylation is 1. The summed E-state index contributed by atoms with van der Waals surface area (Å²) in [5.74, 6) is 0.0998. The van der Waals surface area contributed by atoms with Crippen molar-refractivity contribution in [1.29, 1.82) is 0 Å². The summed E-state index contributed by atoms with van der Waals surface area (Å²) in [6, 6.07) is 3.54. The van der Waals surface area contributed by atoms with E-state index in [1.165, 1.54) is 0 Å². The van der Waals surface area contributed by atoms with Gasteiger partial charge in [0.2, 0.25) is 11.5 Å². The number of amides is 1. The molecule has 3 rings (SSSR count). The van der Waals surface area contributed by atoms with E-state index in [-0.39, 0.29) is 23.6 Å². The summed E-state index contributed by atoms with van der Waals surface area (Å²) >= 11 is 0. The minimum absolute atomic E-state index is 0.0465. The number of pyridine rings is 1. The Balaban J connectivity index is 1.79. The number of H-pyrrole nitrogens is 1. The number of hydrogen-bond donors (Lipinski definition) is 3. The third-order valence-corrected chi connectivity index (χ3v) is 4.02. The number of hydrogen-bond acceptors (Lipinski definition) is 3. The fourth-order valence-electron chi connectivity index (χ4n) is 3.05. The van der Waals surface area contributed by atoms with Crippen molar-refractivity contribution in [1.82, 2.24) is 15.6 Å². The first-order chi connectivity index (χ1) is 9.24. The van der Waals surface area contributed by atoms with Crippen LogP contribution in [0.4, 0.5) is 0 Å². The van der Waals surface area contributed by atoms with Crippen molar-refractivity contribution in [3.63, 3.8) is 0 Å². The Morgan fingerprint density at radius 3 is 2.79 bits per heavy atom. The van der Waals surface area contributed by atoms with Crippen LogP contribution < -0.4 is 16.2 Å². The summed E-state index contributed by atoms with van der Waals surface area (Å²) < 4.78 is 0. The van der Waals surface area contributed by atoms with E-state index in [9.17, 15) is 9.59 Å². The van der Waals surface area contributed by atoms with Gasteiger partial charge in [0.05, 0.1) is 6.04 Å². The zero-order valence-corrected chi connectivity index (χ0v) is 10.9. The van der Waals surface area contributed by atoms with Crippen molar-refractivity contribution < 1.29 is 4.79 Å². The Morgan fingerprint density at radius 2 is 1.95 bits per heavy atom. The third kappa shape index (κ3) is 2.56. The molecule has 3 N–H and O–H groups in total. The lowest BCUT2D eigenvalue weighted by atomic mass is 9.90. The maximum Gasteiger partial charge on any atom is 0.248 e. The second-order valence-electron chi connectivity index (χ2n) is 5.35. The Bertz CT molecular complexity index is 538. The molecule has 1 aliphatic carbocycles. The van der Waals surface area contributed by atoms with E-state index in [0.29, 0.717) is 0 Å². The minimum Gasteiger partial charge on any atom is -0.355 e. The summed E-state index contributed by atoms with van der Waals surface area (Å²) in [6.07, 6.45) is 4.89. The Kier molecular flexibility index (Phi) is 3.38. The van der Waals surface area contributed by atoms with E-state index in [2.05, 4.69) is 15.6 Å². The van der Waals surface area contributed by atoms with E-state index in [1.54, 1.807) is 6.07 Å². The van der Waals surface area contributed by atoms with Crippen molar-refractivity contribution in [3.05, 3.63) is 33.7 Å². The Hall–Kier alpha value is -1.62. The van der Waals surface area contributed by atoms with Crippen LogP contribution in [0.15, 0.2) is 16.9 Å². The lowest BCUT2D eigenvalue weighted by Crippen LogP contribution is -2.49. The summed E-state index contributed by atoms with van der Waals surface area (Å²) in [5, 5.41) is 6.34. The predicted molar refractivity (Wildman–Crippen MR) is 71.9 cm³/mol. The zero-order valence-electron chi connectivity index (χ0n) is 10.9. The molecule has 2 unspecified atom stereocenters. The molecule has 0 aromatic carbocycles. The fraction of sp³-hybridized carbons (Fsp3) is 0.571. The summed E-state index contributed by atoms with van der Waals surface area (Å²) in [6.45, 7) is 0.783. The molecule has 5 nitrogen and oxygen atoms in total. The maximum atomic E-state index is 11.8. The van der Waals surface area contributed by atoms with Gasteiger partial charge in [-0.2, -0.15) is 0 Å². The fourth-order valence-corrected chi connectivity index (χ4v) is 3.05. The van der Waals surface area contributed by atoms with Gasteiger partial charge in [0.15, 0.2) is 0 Å². The van der Waals surface area contributed by atoms with Gasteiger partial charge >= 0.3 is 0 Å². The van der Waals surface area contributed by atoms with Crippen LogP contribution >= 0.6 is 0 Å². The number of aromatic nitrogens is 1. The number of rotatable bonds is 2. The first kappa shape index (κ1) is 12.4. The highest BCUT2D eigenvalue weighted by Crippen LogP contribution is 2.28. The molecule has 1 fully saturated rings. The molecule has 1 amide bonds. The van der Waals surface area contributed by atoms with Crippen molar-refractivity contribution in [2.45, 2.75) is 44.2 Å². The molecule has 0 bridgehead atoms. The monoisotopic (exact) mass is 261 g/mol. The van der Waals surface area contributed by atoms with Crippen LogP contribution in [0.3, 0.4) is 0 Å². The summed E-state index contributed by atoms with van der Waals surface area (Å²) in [5.41, 5.74) is 2.12. The van der Waals surface area contributed by atoms with E-state index in [1.807, 2.05) is 6.07 Å². The molecule has 2 heterocycles. The van der Waals surface area contributed by atoms with Gasteiger partial charge in [-0.15, -0.1) is 0 Å². The molecule has 2 atom stereocenters. The van der Waals surface area contributed by atoms with E-state index >= 15 is 0 Å². The summed E-state index contributed by atoms with van der Waals surface area (Å²) in [7, 11) is 0. The third-order valence-electron chi connectivity index (χ3n) is 4.02. The quantitative estimate of drug-likeness (QED) is 0.730. The van der Waals surface area contributed by atoms with E-state index < -0.39 is 0 Å². The molecule has 19 heavy (non-hydrogen) atoms. The first-order valence-electron chi connectivity index (χ1n) is 7.00. The molecule has 2 aliphatic rings. The Labute approximate surface area is 111 Å². The summed E-state index contributed by atoms with van der Waals surface area (Å²) in [4.78, 5) is 26.1. The van der Waals surface area contributed by atoms with Crippen molar-refractivity contribution >= 4 is 5.91 Å². The number of nitrogens with one attached hydrogen (secondary N) is 3. The number of fused-ring (bicyclic) bond motifs is 1. The van der Waals surface area contributed by atoms with Crippen molar-refractivity contribution in [3.8, 4) is 0 Å². The number of piperidine rings is 1. The van der Waals surface area contributed by atoms with Crippen LogP contribution in [0, 0.1) is 0 Å². The van der Waals surface area contributed by atoms with Crippen molar-refractivity contribution in [2.75, 3.05) is 6.54 Å². The standard InChI is InChI=1S/C14H19N3O2/c18-13-7-6-9-10(3-1-4-11(9)17-13)16-12-5-2-8-15-14(12)19/h6-7,10,12,16H,1-5,8H2,(H,15,19)(H,17,18). The van der Waals surface area contributed by atoms with Crippen LogP contribution in [0.5, 0.6) is 0 Å². The minimum atomic E-state index is -0.100. The molecule has 0 saturated carbocycles. The topological polar surface area (TPSA) is 74.0 Å². The van der Waals surface area contributed by atoms with Gasteiger partial charge < -0.3 is 10.3 Å². The van der Waals surface area contributed by atoms with Gasteiger partial charge in [-0.25, -0.2) is 0 Å². The predicted octanol–water partition coefficient (Wildman–Crippen LogP) is 0.620. The van der Waals surface area contributed by atoms with E-state index in [4.69, 9.17) is 0 Å². The molecule has 0 radical (unpaired) electrons. The average molecular weight is 261 g/mol. The van der Waals surface area contributed by atoms with Gasteiger partial charge in [-0.05, 0) is 37.7 Å².